The van der Waals surface area contributed by atoms with Gasteiger partial charge in [0.15, 0.2) is 0 Å². The molecule has 0 radical (unpaired) electrons. The smallest absolute Gasteiger partial charge is 0.438 e. The van der Waals surface area contributed by atoms with Crippen molar-refractivity contribution < 1.29 is 19.0 Å². The fourth-order valence-electron chi connectivity index (χ4n) is 0.973. The number of carbonyl (C=O) groups is 1. The van der Waals surface area contributed by atoms with Gasteiger partial charge < -0.3 is 14.2 Å². The van der Waals surface area contributed by atoms with E-state index >= 15 is 0 Å². The van der Waals surface area contributed by atoms with Gasteiger partial charge >= 0.3 is 6.16 Å². The summed E-state index contributed by atoms with van der Waals surface area (Å²) in [5, 5.41) is 0. The highest BCUT2D eigenvalue weighted by molar-refractivity contribution is 5.59. The molecule has 0 spiro atoms. The zero-order valence-corrected chi connectivity index (χ0v) is 10.9. The first kappa shape index (κ1) is 15.7. The molecule has 0 aromatic carbocycles. The maximum Gasteiger partial charge on any atom is 0.508 e. The first-order valence-corrected chi connectivity index (χ1v) is 5.73. The Balaban J connectivity index is 3.25. The summed E-state index contributed by atoms with van der Waals surface area (Å²) in [5.74, 6) is 0. The lowest BCUT2D eigenvalue weighted by Gasteiger charge is -2.00. The quantitative estimate of drug-likeness (QED) is 0.373. The Bertz CT molecular complexity index is 252. The summed E-state index contributed by atoms with van der Waals surface area (Å²) < 4.78 is 14.4. The normalized spacial score (nSPS) is 10.3. The first-order chi connectivity index (χ1) is 8.16. The number of carbonyl (C=O) groups excluding carboxylic acids is 1. The SMILES string of the molecule is COC(=O)OC/C=C\CCCOCC=C(C)C. The van der Waals surface area contributed by atoms with Gasteiger partial charge in [0.1, 0.15) is 6.61 Å². The summed E-state index contributed by atoms with van der Waals surface area (Å²) in [5.41, 5.74) is 1.27. The highest BCUT2D eigenvalue weighted by atomic mass is 16.7. The molecule has 4 nitrogen and oxygen atoms in total. The van der Waals surface area contributed by atoms with Gasteiger partial charge in [-0.3, -0.25) is 0 Å². The molecule has 0 saturated heterocycles. The lowest BCUT2D eigenvalue weighted by molar-refractivity contribution is 0.0817. The molecule has 0 unspecified atom stereocenters. The van der Waals surface area contributed by atoms with Crippen LogP contribution in [0, 0.1) is 0 Å². The Morgan fingerprint density at radius 3 is 2.59 bits per heavy atom. The molecular weight excluding hydrogens is 220 g/mol. The molecule has 0 aromatic rings. The number of allylic oxidation sites excluding steroid dienone is 2. The van der Waals surface area contributed by atoms with Crippen LogP contribution in [0.2, 0.25) is 0 Å². The first-order valence-electron chi connectivity index (χ1n) is 5.73. The summed E-state index contributed by atoms with van der Waals surface area (Å²) >= 11 is 0. The Kier molecular flexibility index (Phi) is 10.4. The molecule has 0 amide bonds. The number of unbranched alkanes of at least 4 members (excludes halogenated alkanes) is 1. The van der Waals surface area contributed by atoms with Gasteiger partial charge in [-0.2, -0.15) is 0 Å². The van der Waals surface area contributed by atoms with E-state index in [1.54, 1.807) is 6.08 Å². The predicted octanol–water partition coefficient (Wildman–Crippen LogP) is 3.09. The number of hydrogen-bond acceptors (Lipinski definition) is 4. The van der Waals surface area contributed by atoms with Crippen molar-refractivity contribution in [2.24, 2.45) is 0 Å². The average molecular weight is 242 g/mol. The van der Waals surface area contributed by atoms with Crippen LogP contribution in [0.15, 0.2) is 23.8 Å². The maximum atomic E-state index is 10.6. The molecule has 0 atom stereocenters. The van der Waals surface area contributed by atoms with E-state index in [9.17, 15) is 4.79 Å². The lowest BCUT2D eigenvalue weighted by Crippen LogP contribution is -2.03. The molecular formula is C13H22O4. The monoisotopic (exact) mass is 242 g/mol. The largest absolute Gasteiger partial charge is 0.508 e. The van der Waals surface area contributed by atoms with Crippen LogP contribution in [0.4, 0.5) is 4.79 Å². The Morgan fingerprint density at radius 2 is 1.94 bits per heavy atom. The highest BCUT2D eigenvalue weighted by Gasteiger charge is 1.95. The van der Waals surface area contributed by atoms with E-state index < -0.39 is 6.16 Å². The third kappa shape index (κ3) is 12.6. The van der Waals surface area contributed by atoms with Crippen LogP contribution >= 0.6 is 0 Å². The standard InChI is InChI=1S/C13H22O4/c1-12(2)8-11-16-9-6-4-5-7-10-17-13(14)15-3/h5,7-8H,4,6,9-11H2,1-3H3/b7-5-. The van der Waals surface area contributed by atoms with E-state index in [1.807, 2.05) is 19.9 Å². The van der Waals surface area contributed by atoms with Crippen LogP contribution < -0.4 is 0 Å². The second kappa shape index (κ2) is 11.2. The van der Waals surface area contributed by atoms with Crippen LogP contribution in [-0.2, 0) is 14.2 Å². The molecule has 0 heterocycles. The summed E-state index contributed by atoms with van der Waals surface area (Å²) in [7, 11) is 1.29. The van der Waals surface area contributed by atoms with Crippen LogP contribution in [0.25, 0.3) is 0 Å². The zero-order chi connectivity index (χ0) is 12.9. The van der Waals surface area contributed by atoms with Crippen LogP contribution in [0.3, 0.4) is 0 Å². The number of ether oxygens (including phenoxy) is 3. The molecule has 17 heavy (non-hydrogen) atoms. The molecule has 0 aliphatic rings. The fourth-order valence-corrected chi connectivity index (χ4v) is 0.973. The van der Waals surface area contributed by atoms with Gasteiger partial charge in [-0.15, -0.1) is 0 Å². The molecule has 4 heteroatoms. The van der Waals surface area contributed by atoms with Gasteiger partial charge in [0, 0.05) is 6.61 Å². The molecule has 0 N–H and O–H groups in total. The van der Waals surface area contributed by atoms with Gasteiger partial charge in [0.25, 0.3) is 0 Å². The average Bonchev–Trinajstić information content (AvgIpc) is 2.30. The van der Waals surface area contributed by atoms with Crippen LogP contribution in [-0.4, -0.2) is 33.1 Å². The topological polar surface area (TPSA) is 44.8 Å². The number of methoxy groups -OCH3 is 1. The van der Waals surface area contributed by atoms with Crippen molar-refractivity contribution >= 4 is 6.16 Å². The van der Waals surface area contributed by atoms with Crippen molar-refractivity contribution in [1.82, 2.24) is 0 Å². The fraction of sp³-hybridized carbons (Fsp3) is 0.615. The summed E-state index contributed by atoms with van der Waals surface area (Å²) in [4.78, 5) is 10.6. The molecule has 0 aliphatic carbocycles. The van der Waals surface area contributed by atoms with E-state index in [0.717, 1.165) is 19.4 Å². The minimum Gasteiger partial charge on any atom is -0.438 e. The van der Waals surface area contributed by atoms with Gasteiger partial charge in [-0.05, 0) is 26.7 Å². The van der Waals surface area contributed by atoms with Gasteiger partial charge in [0.05, 0.1) is 13.7 Å². The van der Waals surface area contributed by atoms with Crippen molar-refractivity contribution in [1.29, 1.82) is 0 Å². The number of rotatable bonds is 8. The van der Waals surface area contributed by atoms with Crippen molar-refractivity contribution in [3.05, 3.63) is 23.8 Å². The minimum atomic E-state index is -0.653. The van der Waals surface area contributed by atoms with E-state index in [2.05, 4.69) is 15.5 Å². The highest BCUT2D eigenvalue weighted by Crippen LogP contribution is 1.94. The van der Waals surface area contributed by atoms with Gasteiger partial charge in [-0.1, -0.05) is 23.8 Å². The van der Waals surface area contributed by atoms with Gasteiger partial charge in [0.2, 0.25) is 0 Å². The van der Waals surface area contributed by atoms with E-state index in [4.69, 9.17) is 4.74 Å². The molecule has 0 fully saturated rings. The lowest BCUT2D eigenvalue weighted by atomic mass is 10.3. The van der Waals surface area contributed by atoms with Crippen molar-refractivity contribution in [3.8, 4) is 0 Å². The molecule has 0 bridgehead atoms. The third-order valence-corrected chi connectivity index (χ3v) is 1.90. The van der Waals surface area contributed by atoms with E-state index in [1.165, 1.54) is 12.7 Å². The Hall–Kier alpha value is -1.29. The van der Waals surface area contributed by atoms with Crippen LogP contribution in [0.1, 0.15) is 26.7 Å². The van der Waals surface area contributed by atoms with Crippen molar-refractivity contribution in [2.45, 2.75) is 26.7 Å². The second-order valence-electron chi connectivity index (χ2n) is 3.74. The van der Waals surface area contributed by atoms with Crippen molar-refractivity contribution in [3.63, 3.8) is 0 Å². The summed E-state index contributed by atoms with van der Waals surface area (Å²) in [6.45, 7) is 5.77. The maximum absolute atomic E-state index is 10.6. The Morgan fingerprint density at radius 1 is 1.18 bits per heavy atom. The molecule has 0 rings (SSSR count). The molecule has 0 aliphatic heterocycles. The predicted molar refractivity (Wildman–Crippen MR) is 67.0 cm³/mol. The summed E-state index contributed by atoms with van der Waals surface area (Å²) in [6, 6.07) is 0. The van der Waals surface area contributed by atoms with Crippen molar-refractivity contribution in [2.75, 3.05) is 26.9 Å². The Labute approximate surface area is 103 Å². The molecule has 0 aromatic heterocycles. The zero-order valence-electron chi connectivity index (χ0n) is 10.9. The number of hydrogen-bond donors (Lipinski definition) is 0. The van der Waals surface area contributed by atoms with E-state index in [0.29, 0.717) is 6.61 Å². The minimum absolute atomic E-state index is 0.255. The second-order valence-corrected chi connectivity index (χ2v) is 3.74. The summed E-state index contributed by atoms with van der Waals surface area (Å²) in [6.07, 6.45) is 7.05. The van der Waals surface area contributed by atoms with Gasteiger partial charge in [-0.25, -0.2) is 4.79 Å². The molecule has 98 valence electrons. The van der Waals surface area contributed by atoms with E-state index in [-0.39, 0.29) is 6.61 Å². The van der Waals surface area contributed by atoms with Crippen LogP contribution in [0.5, 0.6) is 0 Å². The third-order valence-electron chi connectivity index (χ3n) is 1.90. The molecule has 0 saturated carbocycles.